The van der Waals surface area contributed by atoms with Gasteiger partial charge in [0.2, 0.25) is 0 Å². The summed E-state index contributed by atoms with van der Waals surface area (Å²) in [5.74, 6) is 0.917. The molecule has 0 aromatic rings. The highest BCUT2D eigenvalue weighted by Crippen LogP contribution is 2.27. The minimum atomic E-state index is 0.538. The van der Waals surface area contributed by atoms with Gasteiger partial charge >= 0.3 is 0 Å². The van der Waals surface area contributed by atoms with E-state index in [0.717, 1.165) is 12.5 Å². The summed E-state index contributed by atoms with van der Waals surface area (Å²) in [5, 5.41) is 0. The molecule has 0 aromatic heterocycles. The molecule has 0 unspecified atom stereocenters. The molecule has 0 atom stereocenters. The molecule has 0 saturated heterocycles. The standard InChI is InChI=1S/C33H66N2.C26H53NO.C3H6/c1-5-9-13-16-19-22-25-29-34(28-12-8-4)32-33-35(30-26-23-20-17-14-10-6-2)31-27-24-21-18-15-11-7-3;1-4-6-8-10-12-14-16-22-27(23-17-15-13-11-9-7-5-2)24-25-18-20-26(28-3)21-19-25;1-2-3-1/h12H,4-7,9-11,13-33H2,1-3H3;25-26H,4-24H2,1-3H3;1-3H2. The lowest BCUT2D eigenvalue weighted by Crippen LogP contribution is -2.37. The van der Waals surface area contributed by atoms with Gasteiger partial charge in [-0.25, -0.2) is 0 Å². The van der Waals surface area contributed by atoms with Gasteiger partial charge in [-0.15, -0.1) is 5.73 Å². The topological polar surface area (TPSA) is 19.0 Å². The zero-order valence-corrected chi connectivity index (χ0v) is 46.8. The van der Waals surface area contributed by atoms with Gasteiger partial charge in [0.15, 0.2) is 0 Å². The molecule has 4 nitrogen and oxygen atoms in total. The van der Waals surface area contributed by atoms with E-state index in [-0.39, 0.29) is 0 Å². The largest absolute Gasteiger partial charge is 0.381 e. The van der Waals surface area contributed by atoms with Gasteiger partial charge in [-0.1, -0.05) is 253 Å². The zero-order chi connectivity index (χ0) is 48.1. The molecule has 0 radical (unpaired) electrons. The number of hydrogen-bond acceptors (Lipinski definition) is 4. The summed E-state index contributed by atoms with van der Waals surface area (Å²) in [7, 11) is 1.89. The molecule has 2 rings (SSSR count). The van der Waals surface area contributed by atoms with Gasteiger partial charge in [0.25, 0.3) is 0 Å². The van der Waals surface area contributed by atoms with Gasteiger partial charge in [0.1, 0.15) is 0 Å². The summed E-state index contributed by atoms with van der Waals surface area (Å²) in [6.07, 6.45) is 61.9. The lowest BCUT2D eigenvalue weighted by molar-refractivity contribution is 0.0493. The number of unbranched alkanes of at least 4 members (excludes halogenated alkanes) is 30. The molecule has 66 heavy (non-hydrogen) atoms. The Labute approximate surface area is 418 Å². The van der Waals surface area contributed by atoms with Gasteiger partial charge in [-0.3, -0.25) is 4.90 Å². The Morgan fingerprint density at radius 3 is 0.970 bits per heavy atom. The summed E-state index contributed by atoms with van der Waals surface area (Å²) in [5.41, 5.74) is 3.01. The normalized spacial score (nSPS) is 15.7. The molecule has 4 heteroatoms. The number of methoxy groups -OCH3 is 1. The van der Waals surface area contributed by atoms with Crippen molar-refractivity contribution in [2.24, 2.45) is 5.92 Å². The zero-order valence-electron chi connectivity index (χ0n) is 46.8. The van der Waals surface area contributed by atoms with E-state index in [9.17, 15) is 0 Å². The summed E-state index contributed by atoms with van der Waals surface area (Å²) >= 11 is 0. The van der Waals surface area contributed by atoms with Crippen LogP contribution in [0.25, 0.3) is 0 Å². The number of ether oxygens (including phenoxy) is 1. The van der Waals surface area contributed by atoms with Gasteiger partial charge in [0, 0.05) is 33.3 Å². The lowest BCUT2D eigenvalue weighted by Gasteiger charge is -2.32. The highest BCUT2D eigenvalue weighted by atomic mass is 16.5. The molecule has 0 aromatic carbocycles. The molecule has 0 spiro atoms. The van der Waals surface area contributed by atoms with Crippen molar-refractivity contribution in [3.8, 4) is 0 Å². The third-order valence-electron chi connectivity index (χ3n) is 14.6. The SMILES string of the molecule is C1CC1.C=C=CCN(CCCCCCCCC)CCN(CCCCCCCCC)CCCCCCCCC.CCCCCCCCCN(CCCCCCCCC)CC1CCC(OC)CC1. The predicted molar refractivity (Wildman–Crippen MR) is 300 cm³/mol. The molecular formula is C62H125N3O. The molecule has 0 amide bonds. The summed E-state index contributed by atoms with van der Waals surface area (Å²) < 4.78 is 5.57. The van der Waals surface area contributed by atoms with Crippen molar-refractivity contribution in [1.82, 2.24) is 14.7 Å². The van der Waals surface area contributed by atoms with E-state index in [1.165, 1.54) is 322 Å². The Kier molecular flexibility index (Phi) is 54.8. The Bertz CT molecular complexity index is 901. The van der Waals surface area contributed by atoms with E-state index < -0.39 is 0 Å². The molecule has 2 fully saturated rings. The maximum atomic E-state index is 5.57. The Morgan fingerprint density at radius 1 is 0.379 bits per heavy atom. The summed E-state index contributed by atoms with van der Waals surface area (Å²) in [6, 6.07) is 0. The molecule has 0 bridgehead atoms. The monoisotopic (exact) mass is 928 g/mol. The third-order valence-corrected chi connectivity index (χ3v) is 14.6. The van der Waals surface area contributed by atoms with Crippen LogP contribution in [0.2, 0.25) is 0 Å². The van der Waals surface area contributed by atoms with Crippen LogP contribution in [0.5, 0.6) is 0 Å². The molecule has 0 heterocycles. The van der Waals surface area contributed by atoms with E-state index in [0.29, 0.717) is 6.10 Å². The van der Waals surface area contributed by atoms with Crippen LogP contribution in [-0.4, -0.2) is 86.8 Å². The van der Waals surface area contributed by atoms with Crippen molar-refractivity contribution in [2.75, 3.05) is 66.0 Å². The van der Waals surface area contributed by atoms with Crippen LogP contribution < -0.4 is 0 Å². The molecule has 2 aliphatic carbocycles. The molecule has 394 valence electrons. The average Bonchev–Trinajstić information content (AvgIpc) is 4.24. The maximum Gasteiger partial charge on any atom is 0.0571 e. The van der Waals surface area contributed by atoms with Crippen LogP contribution >= 0.6 is 0 Å². The van der Waals surface area contributed by atoms with E-state index in [2.05, 4.69) is 67.7 Å². The Balaban J connectivity index is 0.00000122. The lowest BCUT2D eigenvalue weighted by atomic mass is 9.87. The van der Waals surface area contributed by atoms with E-state index >= 15 is 0 Å². The molecule has 0 aliphatic heterocycles. The fourth-order valence-corrected chi connectivity index (χ4v) is 9.78. The van der Waals surface area contributed by atoms with Gasteiger partial charge in [-0.2, -0.15) is 0 Å². The number of nitrogens with zero attached hydrogens (tertiary/aromatic N) is 3. The minimum absolute atomic E-state index is 0.538. The van der Waals surface area contributed by atoms with Crippen LogP contribution in [0.15, 0.2) is 18.4 Å². The Hall–Kier alpha value is -0.640. The maximum absolute atomic E-state index is 5.57. The fraction of sp³-hybridized carbons (Fsp3) is 0.952. The van der Waals surface area contributed by atoms with Gasteiger partial charge < -0.3 is 14.5 Å². The van der Waals surface area contributed by atoms with Gasteiger partial charge in [-0.05, 0) is 103 Å². The van der Waals surface area contributed by atoms with Crippen molar-refractivity contribution in [1.29, 1.82) is 0 Å². The molecule has 2 aliphatic rings. The molecular weight excluding hydrogens is 803 g/mol. The van der Waals surface area contributed by atoms with Crippen LogP contribution in [0.3, 0.4) is 0 Å². The van der Waals surface area contributed by atoms with E-state index in [1.807, 2.05) is 7.11 Å². The summed E-state index contributed by atoms with van der Waals surface area (Å²) in [6.45, 7) is 26.6. The number of rotatable bonds is 48. The average molecular weight is 929 g/mol. The van der Waals surface area contributed by atoms with Gasteiger partial charge in [0.05, 0.1) is 6.10 Å². The minimum Gasteiger partial charge on any atom is -0.381 e. The first kappa shape index (κ1) is 65.4. The van der Waals surface area contributed by atoms with Crippen molar-refractivity contribution in [2.45, 2.75) is 310 Å². The smallest absolute Gasteiger partial charge is 0.0571 e. The molecule has 2 saturated carbocycles. The van der Waals surface area contributed by atoms with Crippen molar-refractivity contribution in [3.63, 3.8) is 0 Å². The van der Waals surface area contributed by atoms with Crippen molar-refractivity contribution in [3.05, 3.63) is 18.4 Å². The third kappa shape index (κ3) is 49.8. The second-order valence-electron chi connectivity index (χ2n) is 21.4. The van der Waals surface area contributed by atoms with E-state index in [4.69, 9.17) is 4.74 Å². The summed E-state index contributed by atoms with van der Waals surface area (Å²) in [4.78, 5) is 8.26. The van der Waals surface area contributed by atoms with Crippen LogP contribution in [0.1, 0.15) is 304 Å². The fourth-order valence-electron chi connectivity index (χ4n) is 9.78. The van der Waals surface area contributed by atoms with Crippen LogP contribution in [0.4, 0.5) is 0 Å². The van der Waals surface area contributed by atoms with Crippen LogP contribution in [0, 0.1) is 5.92 Å². The number of hydrogen-bond donors (Lipinski definition) is 0. The van der Waals surface area contributed by atoms with E-state index in [1.54, 1.807) is 0 Å². The molecule has 0 N–H and O–H groups in total. The Morgan fingerprint density at radius 2 is 0.667 bits per heavy atom. The first-order chi connectivity index (χ1) is 32.6. The first-order valence-corrected chi connectivity index (χ1v) is 30.6. The first-order valence-electron chi connectivity index (χ1n) is 30.6. The second-order valence-corrected chi connectivity index (χ2v) is 21.4. The van der Waals surface area contributed by atoms with Crippen LogP contribution in [-0.2, 0) is 4.74 Å². The van der Waals surface area contributed by atoms with Crippen molar-refractivity contribution < 1.29 is 4.74 Å². The predicted octanol–water partition coefficient (Wildman–Crippen LogP) is 19.3. The highest BCUT2D eigenvalue weighted by Gasteiger charge is 2.22. The second kappa shape index (κ2) is 55.3. The highest BCUT2D eigenvalue weighted by molar-refractivity contribution is 4.81. The quantitative estimate of drug-likeness (QED) is 0.0447. The van der Waals surface area contributed by atoms with Crippen molar-refractivity contribution >= 4 is 0 Å².